The van der Waals surface area contributed by atoms with E-state index in [1.165, 1.54) is 12.1 Å². The molecular weight excluding hydrogens is 229 g/mol. The second-order valence-electron chi connectivity index (χ2n) is 4.34. The minimum absolute atomic E-state index is 0.0744. The lowest BCUT2D eigenvalue weighted by Crippen LogP contribution is -2.32. The number of carbonyl (C=O) groups is 1. The van der Waals surface area contributed by atoms with Gasteiger partial charge in [-0.15, -0.1) is 0 Å². The molecule has 0 aliphatic rings. The van der Waals surface area contributed by atoms with Crippen LogP contribution in [0.1, 0.15) is 33.6 Å². The number of halogens is 1. The Labute approximate surface area is 108 Å². The highest BCUT2D eigenvalue weighted by Crippen LogP contribution is 2.18. The van der Waals surface area contributed by atoms with Crippen LogP contribution in [0.5, 0.6) is 0 Å². The molecule has 0 N–H and O–H groups in total. The maximum absolute atomic E-state index is 12.9. The van der Waals surface area contributed by atoms with Crippen LogP contribution in [-0.2, 0) is 4.79 Å². The number of carbonyl (C=O) groups excluding carboxylic acids is 1. The van der Waals surface area contributed by atoms with Gasteiger partial charge in [-0.3, -0.25) is 4.79 Å². The predicted molar refractivity (Wildman–Crippen MR) is 73.1 cm³/mol. The van der Waals surface area contributed by atoms with Crippen molar-refractivity contribution in [3.05, 3.63) is 41.7 Å². The van der Waals surface area contributed by atoms with Gasteiger partial charge in [0.05, 0.1) is 0 Å². The van der Waals surface area contributed by atoms with Gasteiger partial charge in [0.15, 0.2) is 0 Å². The lowest BCUT2D eigenvalue weighted by molar-refractivity contribution is -0.118. The van der Waals surface area contributed by atoms with E-state index in [1.54, 1.807) is 17.0 Å². The number of hydrogen-bond acceptors (Lipinski definition) is 1. The minimum Gasteiger partial charge on any atom is -0.308 e. The minimum atomic E-state index is -0.288. The SMILES string of the molecule is C/C=C(\C)CN(C(=O)CCC)c1ccc(F)cc1. The molecule has 1 rings (SSSR count). The first-order valence-corrected chi connectivity index (χ1v) is 6.26. The molecule has 0 aromatic heterocycles. The first kappa shape index (κ1) is 14.4. The van der Waals surface area contributed by atoms with Gasteiger partial charge >= 0.3 is 0 Å². The molecule has 98 valence electrons. The molecule has 0 saturated heterocycles. The molecule has 18 heavy (non-hydrogen) atoms. The third-order valence-corrected chi connectivity index (χ3v) is 2.80. The van der Waals surface area contributed by atoms with E-state index in [4.69, 9.17) is 0 Å². The molecule has 1 amide bonds. The Morgan fingerprint density at radius 3 is 2.44 bits per heavy atom. The van der Waals surface area contributed by atoms with Gasteiger partial charge in [0.2, 0.25) is 5.91 Å². The summed E-state index contributed by atoms with van der Waals surface area (Å²) in [6, 6.07) is 6.05. The zero-order valence-corrected chi connectivity index (χ0v) is 11.2. The molecule has 1 aromatic carbocycles. The predicted octanol–water partition coefficient (Wildman–Crippen LogP) is 3.93. The Morgan fingerprint density at radius 1 is 1.33 bits per heavy atom. The summed E-state index contributed by atoms with van der Waals surface area (Å²) < 4.78 is 12.9. The van der Waals surface area contributed by atoms with Crippen molar-refractivity contribution >= 4 is 11.6 Å². The third-order valence-electron chi connectivity index (χ3n) is 2.80. The number of nitrogens with zero attached hydrogens (tertiary/aromatic N) is 1. The number of amides is 1. The average Bonchev–Trinajstić information content (AvgIpc) is 2.37. The number of allylic oxidation sites excluding steroid dienone is 1. The summed E-state index contributed by atoms with van der Waals surface area (Å²) in [4.78, 5) is 13.8. The summed E-state index contributed by atoms with van der Waals surface area (Å²) in [6.45, 7) is 6.46. The largest absolute Gasteiger partial charge is 0.308 e. The number of benzene rings is 1. The second-order valence-corrected chi connectivity index (χ2v) is 4.34. The van der Waals surface area contributed by atoms with Crippen LogP contribution in [0.3, 0.4) is 0 Å². The fourth-order valence-corrected chi connectivity index (χ4v) is 1.63. The normalized spacial score (nSPS) is 11.4. The van der Waals surface area contributed by atoms with Crippen molar-refractivity contribution in [3.63, 3.8) is 0 Å². The Kier molecular flexibility index (Phi) is 5.56. The molecule has 1 aromatic rings. The maximum atomic E-state index is 12.9. The highest BCUT2D eigenvalue weighted by Gasteiger charge is 2.14. The molecule has 0 atom stereocenters. The summed E-state index contributed by atoms with van der Waals surface area (Å²) in [5.41, 5.74) is 1.86. The van der Waals surface area contributed by atoms with Gasteiger partial charge in [0.1, 0.15) is 5.82 Å². The van der Waals surface area contributed by atoms with Gasteiger partial charge in [-0.05, 0) is 44.5 Å². The topological polar surface area (TPSA) is 20.3 Å². The Morgan fingerprint density at radius 2 is 1.94 bits per heavy atom. The summed E-state index contributed by atoms with van der Waals surface area (Å²) >= 11 is 0. The van der Waals surface area contributed by atoms with Crippen LogP contribution in [0.25, 0.3) is 0 Å². The Balaban J connectivity index is 2.96. The number of anilines is 1. The van der Waals surface area contributed by atoms with E-state index in [0.29, 0.717) is 13.0 Å². The lowest BCUT2D eigenvalue weighted by atomic mass is 10.2. The van der Waals surface area contributed by atoms with Crippen LogP contribution in [0, 0.1) is 5.82 Å². The molecule has 0 aliphatic heterocycles. The molecule has 0 fully saturated rings. The molecule has 0 heterocycles. The quantitative estimate of drug-likeness (QED) is 0.724. The summed E-state index contributed by atoms with van der Waals surface area (Å²) in [5, 5.41) is 0. The van der Waals surface area contributed by atoms with Gasteiger partial charge in [-0.25, -0.2) is 4.39 Å². The standard InChI is InChI=1S/C15H20FNO/c1-4-6-15(18)17(11-12(3)5-2)14-9-7-13(16)8-10-14/h5,7-10H,4,6,11H2,1-3H3/b12-5+. The molecule has 0 unspecified atom stereocenters. The fourth-order valence-electron chi connectivity index (χ4n) is 1.63. The van der Waals surface area contributed by atoms with Gasteiger partial charge in [0, 0.05) is 18.7 Å². The van der Waals surface area contributed by atoms with Gasteiger partial charge < -0.3 is 4.90 Å². The summed E-state index contributed by atoms with van der Waals surface area (Å²) in [7, 11) is 0. The van der Waals surface area contributed by atoms with Crippen molar-refractivity contribution in [1.82, 2.24) is 0 Å². The van der Waals surface area contributed by atoms with Crippen molar-refractivity contribution < 1.29 is 9.18 Å². The van der Waals surface area contributed by atoms with Crippen molar-refractivity contribution in [2.24, 2.45) is 0 Å². The van der Waals surface area contributed by atoms with Gasteiger partial charge in [-0.1, -0.05) is 18.6 Å². The molecule has 0 bridgehead atoms. The highest BCUT2D eigenvalue weighted by atomic mass is 19.1. The van der Waals surface area contributed by atoms with Crippen molar-refractivity contribution in [3.8, 4) is 0 Å². The van der Waals surface area contributed by atoms with Crippen molar-refractivity contribution in [1.29, 1.82) is 0 Å². The van der Waals surface area contributed by atoms with Crippen LogP contribution in [0.15, 0.2) is 35.9 Å². The van der Waals surface area contributed by atoms with Gasteiger partial charge in [-0.2, -0.15) is 0 Å². The van der Waals surface area contributed by atoms with E-state index >= 15 is 0 Å². The van der Waals surface area contributed by atoms with E-state index in [1.807, 2.05) is 26.8 Å². The maximum Gasteiger partial charge on any atom is 0.227 e. The zero-order valence-electron chi connectivity index (χ0n) is 11.2. The summed E-state index contributed by atoms with van der Waals surface area (Å²) in [5.74, 6) is -0.213. The van der Waals surface area contributed by atoms with Crippen LogP contribution >= 0.6 is 0 Å². The van der Waals surface area contributed by atoms with Crippen molar-refractivity contribution in [2.75, 3.05) is 11.4 Å². The average molecular weight is 249 g/mol. The van der Waals surface area contributed by atoms with E-state index < -0.39 is 0 Å². The molecular formula is C15H20FNO. The van der Waals surface area contributed by atoms with Crippen LogP contribution < -0.4 is 4.90 Å². The smallest absolute Gasteiger partial charge is 0.227 e. The Bertz CT molecular complexity index is 423. The zero-order chi connectivity index (χ0) is 13.5. The molecule has 0 aliphatic carbocycles. The van der Waals surface area contributed by atoms with E-state index in [-0.39, 0.29) is 11.7 Å². The molecule has 0 saturated carbocycles. The van der Waals surface area contributed by atoms with E-state index in [2.05, 4.69) is 0 Å². The highest BCUT2D eigenvalue weighted by molar-refractivity contribution is 5.93. The van der Waals surface area contributed by atoms with Crippen LogP contribution in [0.4, 0.5) is 10.1 Å². The first-order valence-electron chi connectivity index (χ1n) is 6.26. The molecule has 3 heteroatoms. The van der Waals surface area contributed by atoms with E-state index in [9.17, 15) is 9.18 Å². The van der Waals surface area contributed by atoms with Gasteiger partial charge in [0.25, 0.3) is 0 Å². The Hall–Kier alpha value is -1.64. The number of rotatable bonds is 5. The second kappa shape index (κ2) is 6.94. The first-order chi connectivity index (χ1) is 8.58. The molecule has 2 nitrogen and oxygen atoms in total. The molecule has 0 spiro atoms. The fraction of sp³-hybridized carbons (Fsp3) is 0.400. The molecule has 0 radical (unpaired) electrons. The van der Waals surface area contributed by atoms with Crippen molar-refractivity contribution in [2.45, 2.75) is 33.6 Å². The summed E-state index contributed by atoms with van der Waals surface area (Å²) in [6.07, 6.45) is 3.30. The van der Waals surface area contributed by atoms with E-state index in [0.717, 1.165) is 17.7 Å². The van der Waals surface area contributed by atoms with Crippen LogP contribution in [0.2, 0.25) is 0 Å². The number of hydrogen-bond donors (Lipinski definition) is 0. The monoisotopic (exact) mass is 249 g/mol. The third kappa shape index (κ3) is 3.99. The van der Waals surface area contributed by atoms with Crippen LogP contribution in [-0.4, -0.2) is 12.5 Å². The lowest BCUT2D eigenvalue weighted by Gasteiger charge is -2.23.